The van der Waals surface area contributed by atoms with E-state index < -0.39 is 0 Å². The summed E-state index contributed by atoms with van der Waals surface area (Å²) in [6.07, 6.45) is 52.4. The Kier molecular flexibility index (Phi) is 17.4. The number of hydrogen-bond acceptors (Lipinski definition) is 1. The summed E-state index contributed by atoms with van der Waals surface area (Å²) >= 11 is 0. The third-order valence-electron chi connectivity index (χ3n) is 16.7. The Hall–Kier alpha value is -0.560. The van der Waals surface area contributed by atoms with E-state index in [0.29, 0.717) is 0 Å². The average Bonchev–Trinajstić information content (AvgIpc) is 3.20. The Morgan fingerprint density at radius 2 is 0.745 bits per heavy atom. The van der Waals surface area contributed by atoms with Crippen LogP contribution in [-0.4, -0.2) is 13.2 Å². The van der Waals surface area contributed by atoms with Crippen LogP contribution in [0.25, 0.3) is 0 Å². The lowest BCUT2D eigenvalue weighted by Crippen LogP contribution is -2.28. The summed E-state index contributed by atoms with van der Waals surface area (Å²) in [7, 11) is 0. The van der Waals surface area contributed by atoms with Gasteiger partial charge in [-0.1, -0.05) is 101 Å². The van der Waals surface area contributed by atoms with Crippen molar-refractivity contribution in [1.82, 2.24) is 0 Å². The molecule has 6 aliphatic carbocycles. The molecule has 0 amide bonds. The topological polar surface area (TPSA) is 9.23 Å². The molecule has 2 unspecified atom stereocenters. The molecule has 0 N–H and O–H groups in total. The molecule has 0 radical (unpaired) electrons. The van der Waals surface area contributed by atoms with E-state index >= 15 is 0 Å². The molecule has 0 aliphatic heterocycles. The monoisotopic (exact) mass is 703 g/mol. The van der Waals surface area contributed by atoms with Gasteiger partial charge in [-0.05, 0) is 200 Å². The zero-order chi connectivity index (χ0) is 35.1. The Morgan fingerprint density at radius 1 is 0.412 bits per heavy atom. The van der Waals surface area contributed by atoms with Crippen LogP contribution < -0.4 is 0 Å². The highest BCUT2D eigenvalue weighted by Crippen LogP contribution is 2.47. The molecule has 0 aromatic carbocycles. The molecule has 2 atom stereocenters. The summed E-state index contributed by atoms with van der Waals surface area (Å²) in [5, 5.41) is 0. The molecule has 6 aliphatic rings. The van der Waals surface area contributed by atoms with Crippen LogP contribution in [-0.2, 0) is 4.74 Å². The Bertz CT molecular complexity index is 910. The molecule has 1 nitrogen and oxygen atoms in total. The molecule has 1 heteroatoms. The molecule has 292 valence electrons. The lowest BCUT2D eigenvalue weighted by Gasteiger charge is -2.40. The van der Waals surface area contributed by atoms with Gasteiger partial charge in [-0.3, -0.25) is 0 Å². The van der Waals surface area contributed by atoms with Crippen molar-refractivity contribution in [1.29, 1.82) is 0 Å². The summed E-state index contributed by atoms with van der Waals surface area (Å²) in [4.78, 5) is 0. The van der Waals surface area contributed by atoms with Crippen molar-refractivity contribution in [2.24, 2.45) is 59.2 Å². The van der Waals surface area contributed by atoms with E-state index in [2.05, 4.69) is 26.0 Å². The number of hydrogen-bond donors (Lipinski definition) is 0. The van der Waals surface area contributed by atoms with E-state index in [-0.39, 0.29) is 0 Å². The van der Waals surface area contributed by atoms with Crippen LogP contribution in [0.1, 0.15) is 219 Å². The first-order valence-electron chi connectivity index (χ1n) is 24.1. The minimum Gasteiger partial charge on any atom is -0.381 e. The van der Waals surface area contributed by atoms with Crippen LogP contribution in [0.2, 0.25) is 0 Å². The van der Waals surface area contributed by atoms with Crippen LogP contribution in [0, 0.1) is 59.2 Å². The smallest absolute Gasteiger partial charge is 0.0469 e. The molecular formula is C50H86O. The highest BCUT2D eigenvalue weighted by molar-refractivity contribution is 5.08. The number of ether oxygens (including phenoxy) is 1. The van der Waals surface area contributed by atoms with Crippen molar-refractivity contribution >= 4 is 0 Å². The predicted molar refractivity (Wildman–Crippen MR) is 221 cm³/mol. The standard InChI is InChI=1S/C50H86O/c1-3-5-9-39-13-21-43(22-14-39)47-29-33-49(34-30-47)45-25-17-41(18-26-45)11-7-37-51-38-8-12-42-19-27-46(28-20-42)50-35-31-48(32-36-50)44-23-15-40(16-24-44)10-6-4-2/h17,19,39-40,43-50H,3-16,18,20-38H2,1-2H3. The van der Waals surface area contributed by atoms with Crippen LogP contribution in [0.5, 0.6) is 0 Å². The maximum atomic E-state index is 6.16. The Balaban J connectivity index is 0.754. The summed E-state index contributed by atoms with van der Waals surface area (Å²) < 4.78 is 6.16. The molecule has 0 spiro atoms. The first-order chi connectivity index (χ1) is 25.2. The lowest BCUT2D eigenvalue weighted by molar-refractivity contribution is 0.118. The van der Waals surface area contributed by atoms with E-state index in [1.54, 1.807) is 114 Å². The molecule has 0 aromatic rings. The molecule has 0 aromatic heterocycles. The van der Waals surface area contributed by atoms with Gasteiger partial charge in [-0.25, -0.2) is 0 Å². The van der Waals surface area contributed by atoms with Gasteiger partial charge in [0.05, 0.1) is 0 Å². The van der Waals surface area contributed by atoms with Crippen LogP contribution in [0.4, 0.5) is 0 Å². The fourth-order valence-electron chi connectivity index (χ4n) is 13.1. The Morgan fingerprint density at radius 3 is 1.06 bits per heavy atom. The summed E-state index contributed by atoms with van der Waals surface area (Å²) in [5.41, 5.74) is 3.51. The Labute approximate surface area is 318 Å². The molecule has 0 heterocycles. The third kappa shape index (κ3) is 12.7. The van der Waals surface area contributed by atoms with Crippen molar-refractivity contribution in [2.75, 3.05) is 13.2 Å². The van der Waals surface area contributed by atoms with Gasteiger partial charge in [0.1, 0.15) is 0 Å². The van der Waals surface area contributed by atoms with Gasteiger partial charge in [0.25, 0.3) is 0 Å². The molecule has 0 bridgehead atoms. The minimum absolute atomic E-state index is 0.968. The fourth-order valence-corrected chi connectivity index (χ4v) is 13.1. The lowest BCUT2D eigenvalue weighted by atomic mass is 9.65. The van der Waals surface area contributed by atoms with Gasteiger partial charge < -0.3 is 4.74 Å². The SMILES string of the molecule is CCCCC1CCC(C2CCC(C3CC=C(CCCOCCCC4=CCC(C5CCC(C6CCC(CCCC)CC6)CC5)CC4)CC3)CC2)CC1. The third-order valence-corrected chi connectivity index (χ3v) is 16.7. The zero-order valence-corrected chi connectivity index (χ0v) is 34.4. The van der Waals surface area contributed by atoms with Crippen LogP contribution in [0.15, 0.2) is 23.3 Å². The van der Waals surface area contributed by atoms with E-state index in [1.165, 1.54) is 103 Å². The van der Waals surface area contributed by atoms with E-state index in [9.17, 15) is 0 Å². The predicted octanol–water partition coefficient (Wildman–Crippen LogP) is 15.6. The van der Waals surface area contributed by atoms with Gasteiger partial charge in [0.2, 0.25) is 0 Å². The highest BCUT2D eigenvalue weighted by atomic mass is 16.5. The second-order valence-corrected chi connectivity index (χ2v) is 19.8. The molecule has 4 fully saturated rings. The van der Waals surface area contributed by atoms with Gasteiger partial charge >= 0.3 is 0 Å². The van der Waals surface area contributed by atoms with Crippen molar-refractivity contribution in [3.63, 3.8) is 0 Å². The summed E-state index contributed by atoms with van der Waals surface area (Å²) in [6, 6.07) is 0. The second kappa shape index (κ2) is 22.1. The molecule has 4 saturated carbocycles. The van der Waals surface area contributed by atoms with Crippen molar-refractivity contribution in [2.45, 2.75) is 219 Å². The molecule has 6 rings (SSSR count). The average molecular weight is 703 g/mol. The largest absolute Gasteiger partial charge is 0.381 e. The van der Waals surface area contributed by atoms with Crippen molar-refractivity contribution in [3.05, 3.63) is 23.3 Å². The van der Waals surface area contributed by atoms with E-state index in [0.717, 1.165) is 72.4 Å². The minimum atomic E-state index is 0.968. The number of rotatable bonds is 18. The first kappa shape index (κ1) is 40.1. The normalized spacial score (nSPS) is 36.7. The van der Waals surface area contributed by atoms with Crippen molar-refractivity contribution < 1.29 is 4.74 Å². The number of unbranched alkanes of at least 4 members (excludes halogenated alkanes) is 2. The molecular weight excluding hydrogens is 617 g/mol. The first-order valence-corrected chi connectivity index (χ1v) is 24.1. The van der Waals surface area contributed by atoms with Gasteiger partial charge in [0.15, 0.2) is 0 Å². The van der Waals surface area contributed by atoms with Crippen LogP contribution >= 0.6 is 0 Å². The quantitative estimate of drug-likeness (QED) is 0.102. The fraction of sp³-hybridized carbons (Fsp3) is 0.920. The summed E-state index contributed by atoms with van der Waals surface area (Å²) in [5.74, 6) is 10.5. The maximum Gasteiger partial charge on any atom is 0.0469 e. The van der Waals surface area contributed by atoms with E-state index in [1.807, 2.05) is 0 Å². The summed E-state index contributed by atoms with van der Waals surface area (Å²) in [6.45, 7) is 6.65. The number of allylic oxidation sites excluding steroid dienone is 4. The molecule has 0 saturated heterocycles. The van der Waals surface area contributed by atoms with Crippen LogP contribution in [0.3, 0.4) is 0 Å². The maximum absolute atomic E-state index is 6.16. The van der Waals surface area contributed by atoms with Gasteiger partial charge in [-0.15, -0.1) is 0 Å². The van der Waals surface area contributed by atoms with E-state index in [4.69, 9.17) is 4.74 Å². The highest BCUT2D eigenvalue weighted by Gasteiger charge is 2.35. The van der Waals surface area contributed by atoms with Gasteiger partial charge in [-0.2, -0.15) is 0 Å². The zero-order valence-electron chi connectivity index (χ0n) is 34.4. The second-order valence-electron chi connectivity index (χ2n) is 19.8. The van der Waals surface area contributed by atoms with Crippen molar-refractivity contribution in [3.8, 4) is 0 Å². The van der Waals surface area contributed by atoms with Gasteiger partial charge in [0, 0.05) is 13.2 Å². The molecule has 51 heavy (non-hydrogen) atoms.